The molecule has 0 heterocycles. The maximum Gasteiger partial charge on any atom is 0.194 e. The molecule has 19 heavy (non-hydrogen) atoms. The molecule has 2 unspecified atom stereocenters. The average Bonchev–Trinajstić information content (AvgIpc) is 2.27. The van der Waals surface area contributed by atoms with Crippen LogP contribution in [0.15, 0.2) is 12.1 Å². The van der Waals surface area contributed by atoms with Gasteiger partial charge >= 0.3 is 0 Å². The Balaban J connectivity index is 2.09. The van der Waals surface area contributed by atoms with Crippen molar-refractivity contribution in [2.24, 2.45) is 5.92 Å². The van der Waals surface area contributed by atoms with Gasteiger partial charge in [0.1, 0.15) is 0 Å². The zero-order valence-corrected chi connectivity index (χ0v) is 11.6. The number of hydrogen-bond donors (Lipinski definition) is 1. The van der Waals surface area contributed by atoms with E-state index in [0.717, 1.165) is 25.5 Å². The molecule has 0 radical (unpaired) electrons. The molecule has 0 bridgehead atoms. The SMILES string of the molecule is CC(C)(C)NCC1CCC1c1ccc(F)c(F)c1F. The fraction of sp³-hybridized carbons (Fsp3) is 0.600. The minimum absolute atomic E-state index is 0.00668. The number of benzene rings is 1. The van der Waals surface area contributed by atoms with Crippen molar-refractivity contribution in [1.29, 1.82) is 0 Å². The van der Waals surface area contributed by atoms with Crippen LogP contribution in [0, 0.1) is 23.4 Å². The summed E-state index contributed by atoms with van der Waals surface area (Å²) in [4.78, 5) is 0. The average molecular weight is 271 g/mol. The van der Waals surface area contributed by atoms with Crippen molar-refractivity contribution in [3.8, 4) is 0 Å². The van der Waals surface area contributed by atoms with Gasteiger partial charge in [-0.05, 0) is 63.6 Å². The third-order valence-electron chi connectivity index (χ3n) is 3.78. The Hall–Kier alpha value is -1.03. The summed E-state index contributed by atoms with van der Waals surface area (Å²) in [5.74, 6) is -3.22. The lowest BCUT2D eigenvalue weighted by Gasteiger charge is -2.39. The summed E-state index contributed by atoms with van der Waals surface area (Å²) < 4.78 is 39.9. The molecule has 1 aliphatic carbocycles. The van der Waals surface area contributed by atoms with Crippen LogP contribution in [0.2, 0.25) is 0 Å². The van der Waals surface area contributed by atoms with E-state index in [9.17, 15) is 13.2 Å². The number of hydrogen-bond acceptors (Lipinski definition) is 1. The molecular weight excluding hydrogens is 251 g/mol. The second-order valence-corrected chi connectivity index (χ2v) is 6.34. The van der Waals surface area contributed by atoms with E-state index in [1.807, 2.05) is 0 Å². The van der Waals surface area contributed by atoms with Crippen molar-refractivity contribution in [3.63, 3.8) is 0 Å². The highest BCUT2D eigenvalue weighted by Crippen LogP contribution is 2.43. The summed E-state index contributed by atoms with van der Waals surface area (Å²) in [6.45, 7) is 6.98. The van der Waals surface area contributed by atoms with Gasteiger partial charge in [0.05, 0.1) is 0 Å². The third-order valence-corrected chi connectivity index (χ3v) is 3.78. The predicted octanol–water partition coefficient (Wildman–Crippen LogP) is 3.99. The van der Waals surface area contributed by atoms with E-state index in [1.54, 1.807) is 0 Å². The van der Waals surface area contributed by atoms with E-state index < -0.39 is 17.5 Å². The summed E-state index contributed by atoms with van der Waals surface area (Å²) >= 11 is 0. The van der Waals surface area contributed by atoms with Crippen molar-refractivity contribution in [2.45, 2.75) is 45.1 Å². The molecule has 1 aromatic carbocycles. The predicted molar refractivity (Wildman–Crippen MR) is 69.5 cm³/mol. The van der Waals surface area contributed by atoms with E-state index in [1.165, 1.54) is 6.07 Å². The van der Waals surface area contributed by atoms with Crippen LogP contribution < -0.4 is 5.32 Å². The van der Waals surface area contributed by atoms with Gasteiger partial charge in [-0.3, -0.25) is 0 Å². The maximum absolute atomic E-state index is 13.7. The zero-order chi connectivity index (χ0) is 14.2. The number of halogens is 3. The van der Waals surface area contributed by atoms with Gasteiger partial charge in [-0.1, -0.05) is 6.07 Å². The molecule has 1 fully saturated rings. The second kappa shape index (κ2) is 5.16. The summed E-state index contributed by atoms with van der Waals surface area (Å²) in [6, 6.07) is 2.39. The van der Waals surface area contributed by atoms with Crippen LogP contribution in [0.3, 0.4) is 0 Å². The fourth-order valence-corrected chi connectivity index (χ4v) is 2.49. The molecule has 1 N–H and O–H groups in total. The Labute approximate surface area is 112 Å². The summed E-state index contributed by atoms with van der Waals surface area (Å²) in [5, 5.41) is 3.38. The highest BCUT2D eigenvalue weighted by Gasteiger charge is 2.35. The first-order valence-corrected chi connectivity index (χ1v) is 6.68. The molecule has 1 nitrogen and oxygen atoms in total. The Kier molecular flexibility index (Phi) is 3.90. The minimum Gasteiger partial charge on any atom is -0.312 e. The van der Waals surface area contributed by atoms with Gasteiger partial charge in [0, 0.05) is 5.54 Å². The monoisotopic (exact) mass is 271 g/mol. The van der Waals surface area contributed by atoms with Crippen molar-refractivity contribution in [1.82, 2.24) is 5.32 Å². The first kappa shape index (κ1) is 14.4. The van der Waals surface area contributed by atoms with Crippen LogP contribution in [0.5, 0.6) is 0 Å². The standard InChI is InChI=1S/C15H20F3N/c1-15(2,3)19-8-9-4-5-10(9)11-6-7-12(16)14(18)13(11)17/h6-7,9-10,19H,4-5,8H2,1-3H3. The Morgan fingerprint density at radius 2 is 1.79 bits per heavy atom. The first-order valence-electron chi connectivity index (χ1n) is 6.68. The van der Waals surface area contributed by atoms with Gasteiger partial charge in [-0.15, -0.1) is 0 Å². The summed E-state index contributed by atoms with van der Waals surface area (Å²) in [6.07, 6.45) is 1.82. The molecule has 2 atom stereocenters. The van der Waals surface area contributed by atoms with Crippen molar-refractivity contribution < 1.29 is 13.2 Å². The topological polar surface area (TPSA) is 12.0 Å². The van der Waals surface area contributed by atoms with Crippen LogP contribution in [0.25, 0.3) is 0 Å². The number of nitrogens with one attached hydrogen (secondary N) is 1. The lowest BCUT2D eigenvalue weighted by atomic mass is 9.69. The highest BCUT2D eigenvalue weighted by molar-refractivity contribution is 5.26. The van der Waals surface area contributed by atoms with Gasteiger partial charge in [0.15, 0.2) is 17.5 Å². The van der Waals surface area contributed by atoms with Crippen LogP contribution in [-0.4, -0.2) is 12.1 Å². The summed E-state index contributed by atoms with van der Waals surface area (Å²) in [5.41, 5.74) is 0.318. The second-order valence-electron chi connectivity index (χ2n) is 6.34. The lowest BCUT2D eigenvalue weighted by Crippen LogP contribution is -2.43. The van der Waals surface area contributed by atoms with Crippen LogP contribution >= 0.6 is 0 Å². The molecule has 106 valence electrons. The molecule has 1 aromatic rings. The van der Waals surface area contributed by atoms with Gasteiger partial charge in [0.25, 0.3) is 0 Å². The molecule has 0 spiro atoms. The smallest absolute Gasteiger partial charge is 0.194 e. The van der Waals surface area contributed by atoms with Gasteiger partial charge in [-0.2, -0.15) is 0 Å². The van der Waals surface area contributed by atoms with Gasteiger partial charge in [0.2, 0.25) is 0 Å². The van der Waals surface area contributed by atoms with Crippen LogP contribution in [0.1, 0.15) is 45.1 Å². The normalized spacial score (nSPS) is 23.3. The first-order chi connectivity index (χ1) is 8.79. The highest BCUT2D eigenvalue weighted by atomic mass is 19.2. The molecule has 0 aliphatic heterocycles. The third kappa shape index (κ3) is 3.11. The quantitative estimate of drug-likeness (QED) is 0.820. The van der Waals surface area contributed by atoms with Gasteiger partial charge in [-0.25, -0.2) is 13.2 Å². The van der Waals surface area contributed by atoms with E-state index in [0.29, 0.717) is 11.5 Å². The maximum atomic E-state index is 13.7. The number of rotatable bonds is 3. The van der Waals surface area contributed by atoms with Crippen LogP contribution in [0.4, 0.5) is 13.2 Å². The molecule has 0 aromatic heterocycles. The van der Waals surface area contributed by atoms with E-state index >= 15 is 0 Å². The molecule has 0 saturated heterocycles. The van der Waals surface area contributed by atoms with Crippen LogP contribution in [-0.2, 0) is 0 Å². The Morgan fingerprint density at radius 3 is 2.32 bits per heavy atom. The molecular formula is C15H20F3N. The molecule has 1 saturated carbocycles. The molecule has 2 rings (SSSR count). The van der Waals surface area contributed by atoms with Crippen molar-refractivity contribution in [3.05, 3.63) is 35.1 Å². The van der Waals surface area contributed by atoms with E-state index in [4.69, 9.17) is 0 Å². The van der Waals surface area contributed by atoms with Crippen molar-refractivity contribution in [2.75, 3.05) is 6.54 Å². The minimum atomic E-state index is -1.35. The fourth-order valence-electron chi connectivity index (χ4n) is 2.49. The van der Waals surface area contributed by atoms with Crippen molar-refractivity contribution >= 4 is 0 Å². The Morgan fingerprint density at radius 1 is 1.11 bits per heavy atom. The molecule has 0 amide bonds. The molecule has 4 heteroatoms. The lowest BCUT2D eigenvalue weighted by molar-refractivity contribution is 0.219. The Bertz CT molecular complexity index is 465. The van der Waals surface area contributed by atoms with E-state index in [2.05, 4.69) is 26.1 Å². The van der Waals surface area contributed by atoms with Gasteiger partial charge < -0.3 is 5.32 Å². The largest absolute Gasteiger partial charge is 0.312 e. The zero-order valence-electron chi connectivity index (χ0n) is 11.6. The van der Waals surface area contributed by atoms with E-state index in [-0.39, 0.29) is 11.5 Å². The molecule has 1 aliphatic rings. The summed E-state index contributed by atoms with van der Waals surface area (Å²) in [7, 11) is 0.